The molecule has 1 N–H and O–H groups in total. The molecule has 0 aliphatic carbocycles. The first-order chi connectivity index (χ1) is 8.27. The van der Waals surface area contributed by atoms with Crippen molar-refractivity contribution < 1.29 is 17.6 Å². The van der Waals surface area contributed by atoms with E-state index in [9.17, 15) is 17.6 Å². The fourth-order valence-electron chi connectivity index (χ4n) is 1.45. The van der Waals surface area contributed by atoms with Crippen molar-refractivity contribution in [3.63, 3.8) is 0 Å². The fraction of sp³-hybridized carbons (Fsp3) is 0.455. The second-order valence-corrected chi connectivity index (χ2v) is 4.98. The molecule has 0 radical (unpaired) electrons. The summed E-state index contributed by atoms with van der Waals surface area (Å²) < 4.78 is 52.4. The Labute approximate surface area is 116 Å². The predicted octanol–water partition coefficient (Wildman–Crippen LogP) is 4.84. The van der Waals surface area contributed by atoms with Crippen molar-refractivity contribution >= 4 is 27.5 Å². The summed E-state index contributed by atoms with van der Waals surface area (Å²) in [5, 5.41) is 2.31. The molecule has 7 heteroatoms. The second-order valence-electron chi connectivity index (χ2n) is 3.72. The SMILES string of the molecule is CCCNC(c1cc(Cl)c(Br)cc1F)C(F)(F)F. The lowest BCUT2D eigenvalue weighted by molar-refractivity contribution is -0.158. The van der Waals surface area contributed by atoms with Gasteiger partial charge in [-0.05, 0) is 41.0 Å². The Bertz CT molecular complexity index is 422. The number of halogens is 6. The van der Waals surface area contributed by atoms with Gasteiger partial charge in [0.25, 0.3) is 0 Å². The van der Waals surface area contributed by atoms with Crippen LogP contribution in [0.2, 0.25) is 5.02 Å². The molecule has 0 aliphatic rings. The van der Waals surface area contributed by atoms with Crippen LogP contribution in [0.5, 0.6) is 0 Å². The van der Waals surface area contributed by atoms with Gasteiger partial charge in [0.05, 0.1) is 5.02 Å². The lowest BCUT2D eigenvalue weighted by Gasteiger charge is -2.22. The minimum atomic E-state index is -4.58. The molecule has 1 rings (SSSR count). The van der Waals surface area contributed by atoms with E-state index in [0.717, 1.165) is 12.1 Å². The van der Waals surface area contributed by atoms with Crippen LogP contribution in [0.1, 0.15) is 24.9 Å². The average molecular weight is 349 g/mol. The van der Waals surface area contributed by atoms with Gasteiger partial charge in [0.1, 0.15) is 11.9 Å². The Morgan fingerprint density at radius 1 is 1.39 bits per heavy atom. The first-order valence-corrected chi connectivity index (χ1v) is 6.39. The van der Waals surface area contributed by atoms with E-state index in [-0.39, 0.29) is 16.0 Å². The molecule has 0 spiro atoms. The summed E-state index contributed by atoms with van der Waals surface area (Å²) in [6.07, 6.45) is -4.06. The quantitative estimate of drug-likeness (QED) is 0.606. The van der Waals surface area contributed by atoms with Crippen molar-refractivity contribution in [2.45, 2.75) is 25.6 Å². The van der Waals surface area contributed by atoms with E-state index in [1.807, 2.05) is 0 Å². The molecule has 0 heterocycles. The molecule has 18 heavy (non-hydrogen) atoms. The number of hydrogen-bond acceptors (Lipinski definition) is 1. The van der Waals surface area contributed by atoms with Crippen molar-refractivity contribution in [2.75, 3.05) is 6.54 Å². The molecule has 0 amide bonds. The molecule has 1 aromatic carbocycles. The summed E-state index contributed by atoms with van der Waals surface area (Å²) in [7, 11) is 0. The van der Waals surface area contributed by atoms with Gasteiger partial charge in [-0.3, -0.25) is 0 Å². The van der Waals surface area contributed by atoms with Gasteiger partial charge in [-0.1, -0.05) is 18.5 Å². The first-order valence-electron chi connectivity index (χ1n) is 5.22. The molecule has 1 atom stereocenters. The maximum atomic E-state index is 13.6. The van der Waals surface area contributed by atoms with E-state index in [0.29, 0.717) is 6.42 Å². The summed E-state index contributed by atoms with van der Waals surface area (Å²) in [5.41, 5.74) is -0.496. The van der Waals surface area contributed by atoms with Crippen LogP contribution in [0.25, 0.3) is 0 Å². The molecule has 0 bridgehead atoms. The van der Waals surface area contributed by atoms with Crippen molar-refractivity contribution in [3.05, 3.63) is 33.0 Å². The van der Waals surface area contributed by atoms with Crippen LogP contribution in [-0.2, 0) is 0 Å². The molecule has 1 unspecified atom stereocenters. The summed E-state index contributed by atoms with van der Waals surface area (Å²) >= 11 is 8.66. The Morgan fingerprint density at radius 2 is 2.00 bits per heavy atom. The maximum absolute atomic E-state index is 13.6. The molecule has 1 aromatic rings. The monoisotopic (exact) mass is 347 g/mol. The van der Waals surface area contributed by atoms with Crippen molar-refractivity contribution in [3.8, 4) is 0 Å². The van der Waals surface area contributed by atoms with Crippen LogP contribution in [0.15, 0.2) is 16.6 Å². The zero-order valence-electron chi connectivity index (χ0n) is 9.41. The van der Waals surface area contributed by atoms with E-state index in [2.05, 4.69) is 21.2 Å². The van der Waals surface area contributed by atoms with E-state index in [1.54, 1.807) is 6.92 Å². The van der Waals surface area contributed by atoms with Crippen molar-refractivity contribution in [1.82, 2.24) is 5.32 Å². The van der Waals surface area contributed by atoms with Gasteiger partial charge in [-0.15, -0.1) is 0 Å². The van der Waals surface area contributed by atoms with Crippen LogP contribution in [-0.4, -0.2) is 12.7 Å². The van der Waals surface area contributed by atoms with Crippen molar-refractivity contribution in [2.24, 2.45) is 0 Å². The lowest BCUT2D eigenvalue weighted by Crippen LogP contribution is -2.35. The maximum Gasteiger partial charge on any atom is 0.408 e. The van der Waals surface area contributed by atoms with E-state index < -0.39 is 23.6 Å². The Kier molecular flexibility index (Phi) is 5.43. The molecule has 0 aromatic heterocycles. The van der Waals surface area contributed by atoms with Gasteiger partial charge in [0, 0.05) is 10.0 Å². The standard InChI is InChI=1S/C11H11BrClF4N/c1-2-3-18-10(11(15,16)17)6-4-8(13)7(12)5-9(6)14/h4-5,10,18H,2-3H2,1H3. The molecule has 102 valence electrons. The number of benzene rings is 1. The number of nitrogens with one attached hydrogen (secondary N) is 1. The number of rotatable bonds is 4. The molecular formula is C11H11BrClF4N. The third-order valence-corrected chi connectivity index (χ3v) is 3.47. The van der Waals surface area contributed by atoms with Gasteiger partial charge in [-0.2, -0.15) is 13.2 Å². The topological polar surface area (TPSA) is 12.0 Å². The van der Waals surface area contributed by atoms with Gasteiger partial charge < -0.3 is 5.32 Å². The van der Waals surface area contributed by atoms with Crippen molar-refractivity contribution in [1.29, 1.82) is 0 Å². The molecular weight excluding hydrogens is 337 g/mol. The van der Waals surface area contributed by atoms with Crippen LogP contribution < -0.4 is 5.32 Å². The molecule has 1 nitrogen and oxygen atoms in total. The van der Waals surface area contributed by atoms with E-state index in [1.165, 1.54) is 0 Å². The van der Waals surface area contributed by atoms with Crippen LogP contribution >= 0.6 is 27.5 Å². The van der Waals surface area contributed by atoms with Gasteiger partial charge >= 0.3 is 6.18 Å². The van der Waals surface area contributed by atoms with E-state index in [4.69, 9.17) is 11.6 Å². The zero-order valence-corrected chi connectivity index (χ0v) is 11.8. The summed E-state index contributed by atoms with van der Waals surface area (Å²) in [4.78, 5) is 0. The minimum absolute atomic E-state index is 0.0407. The highest BCUT2D eigenvalue weighted by Gasteiger charge is 2.41. The summed E-state index contributed by atoms with van der Waals surface area (Å²) in [5.74, 6) is -0.947. The highest BCUT2D eigenvalue weighted by Crippen LogP contribution is 2.37. The Hall–Kier alpha value is -0.330. The predicted molar refractivity (Wildman–Crippen MR) is 66.2 cm³/mol. The third-order valence-electron chi connectivity index (χ3n) is 2.28. The first kappa shape index (κ1) is 15.7. The molecule has 0 saturated carbocycles. The van der Waals surface area contributed by atoms with Crippen LogP contribution in [0, 0.1) is 5.82 Å². The number of alkyl halides is 3. The average Bonchev–Trinajstić information content (AvgIpc) is 2.24. The smallest absolute Gasteiger partial charge is 0.302 e. The van der Waals surface area contributed by atoms with E-state index >= 15 is 0 Å². The van der Waals surface area contributed by atoms with Gasteiger partial charge in [-0.25, -0.2) is 4.39 Å². The van der Waals surface area contributed by atoms with Crippen LogP contribution in [0.3, 0.4) is 0 Å². The largest absolute Gasteiger partial charge is 0.408 e. The Morgan fingerprint density at radius 3 is 2.50 bits per heavy atom. The normalized spacial score (nSPS) is 13.7. The third kappa shape index (κ3) is 3.83. The minimum Gasteiger partial charge on any atom is -0.302 e. The molecule has 0 fully saturated rings. The lowest BCUT2D eigenvalue weighted by atomic mass is 10.1. The second kappa shape index (κ2) is 6.21. The van der Waals surface area contributed by atoms with Gasteiger partial charge in [0.2, 0.25) is 0 Å². The molecule has 0 saturated heterocycles. The van der Waals surface area contributed by atoms with Crippen LogP contribution in [0.4, 0.5) is 17.6 Å². The Balaban J connectivity index is 3.16. The summed E-state index contributed by atoms with van der Waals surface area (Å²) in [6, 6.07) is -0.130. The summed E-state index contributed by atoms with van der Waals surface area (Å²) in [6.45, 7) is 1.86. The number of hydrogen-bond donors (Lipinski definition) is 1. The fourth-order valence-corrected chi connectivity index (χ4v) is 1.94. The van der Waals surface area contributed by atoms with Gasteiger partial charge in [0.15, 0.2) is 0 Å². The highest BCUT2D eigenvalue weighted by molar-refractivity contribution is 9.10. The zero-order chi connectivity index (χ0) is 13.9. The highest BCUT2D eigenvalue weighted by atomic mass is 79.9. The molecule has 0 aliphatic heterocycles.